The smallest absolute Gasteiger partial charge is 0.233 e. The van der Waals surface area contributed by atoms with E-state index in [0.29, 0.717) is 21.8 Å². The van der Waals surface area contributed by atoms with Crippen LogP contribution in [-0.2, 0) is 4.79 Å². The van der Waals surface area contributed by atoms with Crippen molar-refractivity contribution in [2.45, 2.75) is 44.9 Å². The third kappa shape index (κ3) is 4.74. The maximum absolute atomic E-state index is 13.0. The van der Waals surface area contributed by atoms with E-state index in [9.17, 15) is 4.79 Å². The van der Waals surface area contributed by atoms with Crippen LogP contribution in [0.3, 0.4) is 0 Å². The molecule has 5 heteroatoms. The molecule has 132 valence electrons. The Labute approximate surface area is 158 Å². The Bertz CT molecular complexity index is 740. The molecule has 1 heterocycles. The SMILES string of the molecule is Cc1ccc(NC(=O)C(CC2CCCC2)c2ccc(Cl)c(Cl)c2)nc1. The molecule has 1 atom stereocenters. The molecule has 1 amide bonds. The van der Waals surface area contributed by atoms with Crippen LogP contribution in [0.5, 0.6) is 0 Å². The van der Waals surface area contributed by atoms with E-state index in [2.05, 4.69) is 10.3 Å². The van der Waals surface area contributed by atoms with Gasteiger partial charge in [0, 0.05) is 6.20 Å². The summed E-state index contributed by atoms with van der Waals surface area (Å²) in [5, 5.41) is 3.94. The van der Waals surface area contributed by atoms with E-state index >= 15 is 0 Å². The van der Waals surface area contributed by atoms with Gasteiger partial charge in [0.1, 0.15) is 5.82 Å². The highest BCUT2D eigenvalue weighted by molar-refractivity contribution is 6.42. The molecule has 1 N–H and O–H groups in total. The van der Waals surface area contributed by atoms with E-state index < -0.39 is 0 Å². The molecule has 1 unspecified atom stereocenters. The number of aryl methyl sites for hydroxylation is 1. The number of rotatable bonds is 5. The Morgan fingerprint density at radius 1 is 1.20 bits per heavy atom. The van der Waals surface area contributed by atoms with Gasteiger partial charge in [0.25, 0.3) is 0 Å². The number of carbonyl (C=O) groups is 1. The minimum Gasteiger partial charge on any atom is -0.310 e. The molecule has 2 aromatic rings. The van der Waals surface area contributed by atoms with Crippen LogP contribution in [0.1, 0.15) is 49.1 Å². The minimum atomic E-state index is -0.249. The average Bonchev–Trinajstić information content (AvgIpc) is 3.10. The van der Waals surface area contributed by atoms with Gasteiger partial charge in [-0.15, -0.1) is 0 Å². The lowest BCUT2D eigenvalue weighted by atomic mass is 9.87. The Hall–Kier alpha value is -1.58. The number of aromatic nitrogens is 1. The number of hydrogen-bond donors (Lipinski definition) is 1. The van der Waals surface area contributed by atoms with Gasteiger partial charge in [0.2, 0.25) is 5.91 Å². The predicted octanol–water partition coefficient (Wildman–Crippen LogP) is 6.00. The van der Waals surface area contributed by atoms with Gasteiger partial charge in [0.15, 0.2) is 0 Å². The zero-order valence-corrected chi connectivity index (χ0v) is 15.8. The standard InChI is InChI=1S/C20H22Cl2N2O/c1-13-6-9-19(23-12-13)24-20(25)16(10-14-4-2-3-5-14)15-7-8-17(21)18(22)11-15/h6-9,11-12,14,16H,2-5,10H2,1H3,(H,23,24,25). The monoisotopic (exact) mass is 376 g/mol. The first-order valence-corrected chi connectivity index (χ1v) is 9.47. The van der Waals surface area contributed by atoms with Crippen molar-refractivity contribution in [2.24, 2.45) is 5.92 Å². The molecule has 0 saturated heterocycles. The Morgan fingerprint density at radius 2 is 1.96 bits per heavy atom. The summed E-state index contributed by atoms with van der Waals surface area (Å²) < 4.78 is 0. The zero-order chi connectivity index (χ0) is 17.8. The molecule has 0 aliphatic heterocycles. The third-order valence-electron chi connectivity index (χ3n) is 4.87. The van der Waals surface area contributed by atoms with E-state index in [1.54, 1.807) is 12.3 Å². The number of nitrogens with zero attached hydrogens (tertiary/aromatic N) is 1. The van der Waals surface area contributed by atoms with Crippen LogP contribution in [-0.4, -0.2) is 10.9 Å². The van der Waals surface area contributed by atoms with Crippen LogP contribution in [0.15, 0.2) is 36.5 Å². The number of nitrogens with one attached hydrogen (secondary N) is 1. The maximum Gasteiger partial charge on any atom is 0.233 e. The second-order valence-corrected chi connectivity index (χ2v) is 7.64. The van der Waals surface area contributed by atoms with Gasteiger partial charge in [-0.1, -0.05) is 61.0 Å². The van der Waals surface area contributed by atoms with E-state index in [4.69, 9.17) is 23.2 Å². The Kier molecular flexibility index (Phi) is 5.98. The lowest BCUT2D eigenvalue weighted by Crippen LogP contribution is -2.23. The first kappa shape index (κ1) is 18.2. The highest BCUT2D eigenvalue weighted by Crippen LogP contribution is 2.36. The van der Waals surface area contributed by atoms with Gasteiger partial charge in [-0.3, -0.25) is 4.79 Å². The van der Waals surface area contributed by atoms with Crippen LogP contribution in [0.4, 0.5) is 5.82 Å². The number of hydrogen-bond acceptors (Lipinski definition) is 2. The summed E-state index contributed by atoms with van der Waals surface area (Å²) in [6.45, 7) is 1.97. The number of benzene rings is 1. The fraction of sp³-hybridized carbons (Fsp3) is 0.400. The van der Waals surface area contributed by atoms with Gasteiger partial charge in [-0.2, -0.15) is 0 Å². The van der Waals surface area contributed by atoms with Crippen molar-refractivity contribution >= 4 is 34.9 Å². The normalized spacial score (nSPS) is 16.0. The van der Waals surface area contributed by atoms with Crippen LogP contribution in [0, 0.1) is 12.8 Å². The molecule has 3 rings (SSSR count). The minimum absolute atomic E-state index is 0.0401. The second kappa shape index (κ2) is 8.20. The van der Waals surface area contributed by atoms with Gasteiger partial charge < -0.3 is 5.32 Å². The van der Waals surface area contributed by atoms with E-state index in [0.717, 1.165) is 17.5 Å². The highest BCUT2D eigenvalue weighted by atomic mass is 35.5. The molecule has 1 aliphatic rings. The lowest BCUT2D eigenvalue weighted by Gasteiger charge is -2.21. The maximum atomic E-state index is 13.0. The molecule has 1 aromatic carbocycles. The van der Waals surface area contributed by atoms with Crippen molar-refractivity contribution in [1.82, 2.24) is 4.98 Å². The van der Waals surface area contributed by atoms with E-state index in [-0.39, 0.29) is 11.8 Å². The van der Waals surface area contributed by atoms with Crippen LogP contribution in [0.25, 0.3) is 0 Å². The zero-order valence-electron chi connectivity index (χ0n) is 14.3. The van der Waals surface area contributed by atoms with Crippen molar-refractivity contribution in [2.75, 3.05) is 5.32 Å². The summed E-state index contributed by atoms with van der Waals surface area (Å²) in [7, 11) is 0. The fourth-order valence-corrected chi connectivity index (χ4v) is 3.76. The largest absolute Gasteiger partial charge is 0.310 e. The van der Waals surface area contributed by atoms with Crippen molar-refractivity contribution in [3.05, 3.63) is 57.7 Å². The van der Waals surface area contributed by atoms with E-state index in [1.807, 2.05) is 31.2 Å². The van der Waals surface area contributed by atoms with Crippen molar-refractivity contribution in [1.29, 1.82) is 0 Å². The number of anilines is 1. The Balaban J connectivity index is 1.82. The van der Waals surface area contributed by atoms with Crippen LogP contribution in [0.2, 0.25) is 10.0 Å². The molecule has 0 bridgehead atoms. The molecule has 3 nitrogen and oxygen atoms in total. The molecule has 1 aliphatic carbocycles. The summed E-state index contributed by atoms with van der Waals surface area (Å²) in [5.41, 5.74) is 1.97. The predicted molar refractivity (Wildman–Crippen MR) is 103 cm³/mol. The second-order valence-electron chi connectivity index (χ2n) is 6.82. The highest BCUT2D eigenvalue weighted by Gasteiger charge is 2.27. The van der Waals surface area contributed by atoms with Crippen molar-refractivity contribution in [3.63, 3.8) is 0 Å². The molecule has 1 saturated carbocycles. The van der Waals surface area contributed by atoms with Gasteiger partial charge in [0.05, 0.1) is 16.0 Å². The summed E-state index contributed by atoms with van der Waals surface area (Å²) in [5.74, 6) is 0.867. The fourth-order valence-electron chi connectivity index (χ4n) is 3.46. The summed E-state index contributed by atoms with van der Waals surface area (Å²) >= 11 is 12.2. The molecule has 1 fully saturated rings. The molecule has 1 aromatic heterocycles. The van der Waals surface area contributed by atoms with E-state index in [1.165, 1.54) is 25.7 Å². The first-order valence-electron chi connectivity index (χ1n) is 8.71. The van der Waals surface area contributed by atoms with Crippen molar-refractivity contribution in [3.8, 4) is 0 Å². The number of pyridine rings is 1. The first-order chi connectivity index (χ1) is 12.0. The summed E-state index contributed by atoms with van der Waals surface area (Å²) in [6.07, 6.45) is 7.46. The van der Waals surface area contributed by atoms with Gasteiger partial charge >= 0.3 is 0 Å². The number of halogens is 2. The molecule has 0 radical (unpaired) electrons. The van der Waals surface area contributed by atoms with Gasteiger partial charge in [-0.25, -0.2) is 4.98 Å². The molecule has 0 spiro atoms. The van der Waals surface area contributed by atoms with Crippen molar-refractivity contribution < 1.29 is 4.79 Å². The topological polar surface area (TPSA) is 42.0 Å². The molecular weight excluding hydrogens is 355 g/mol. The van der Waals surface area contributed by atoms with Gasteiger partial charge in [-0.05, 0) is 48.6 Å². The summed E-state index contributed by atoms with van der Waals surface area (Å²) in [6, 6.07) is 9.24. The quantitative estimate of drug-likeness (QED) is 0.694. The van der Waals surface area contributed by atoms with Crippen LogP contribution >= 0.6 is 23.2 Å². The molecule has 25 heavy (non-hydrogen) atoms. The molecular formula is C20H22Cl2N2O. The number of amides is 1. The lowest BCUT2D eigenvalue weighted by molar-refractivity contribution is -0.118. The van der Waals surface area contributed by atoms with Crippen LogP contribution < -0.4 is 5.32 Å². The number of carbonyl (C=O) groups excluding carboxylic acids is 1. The third-order valence-corrected chi connectivity index (χ3v) is 5.61. The average molecular weight is 377 g/mol. The summed E-state index contributed by atoms with van der Waals surface area (Å²) in [4.78, 5) is 17.2. The Morgan fingerprint density at radius 3 is 2.60 bits per heavy atom.